The van der Waals surface area contributed by atoms with E-state index in [0.29, 0.717) is 23.7 Å². The molecule has 164 valence electrons. The fraction of sp³-hybridized carbons (Fsp3) is 0.421. The number of aromatic nitrogens is 2. The Morgan fingerprint density at radius 1 is 1.23 bits per heavy atom. The number of esters is 1. The molecular formula is C19H23Cl2N3O6. The number of methoxy groups -OCH3 is 1. The number of halogens is 2. The van der Waals surface area contributed by atoms with Crippen molar-refractivity contribution in [2.45, 2.75) is 33.5 Å². The predicted octanol–water partition coefficient (Wildman–Crippen LogP) is 4.01. The van der Waals surface area contributed by atoms with Gasteiger partial charge in [-0.3, -0.25) is 0 Å². The molecule has 30 heavy (non-hydrogen) atoms. The Morgan fingerprint density at radius 3 is 2.53 bits per heavy atom. The number of benzene rings is 1. The van der Waals surface area contributed by atoms with E-state index in [9.17, 15) is 9.59 Å². The third-order valence-electron chi connectivity index (χ3n) is 3.99. The summed E-state index contributed by atoms with van der Waals surface area (Å²) in [4.78, 5) is 23.3. The molecule has 0 spiro atoms. The Bertz CT molecular complexity index is 931. The molecule has 0 aliphatic heterocycles. The molecule has 0 aliphatic rings. The van der Waals surface area contributed by atoms with E-state index in [2.05, 4.69) is 15.2 Å². The number of carbonyl (C=O) groups excluding carboxylic acids is 2. The lowest BCUT2D eigenvalue weighted by atomic mass is 10.2. The average Bonchev–Trinajstić information content (AvgIpc) is 2.95. The summed E-state index contributed by atoms with van der Waals surface area (Å²) >= 11 is 12.5. The van der Waals surface area contributed by atoms with Crippen molar-refractivity contribution in [2.24, 2.45) is 7.05 Å². The van der Waals surface area contributed by atoms with Gasteiger partial charge in [0.15, 0.2) is 11.9 Å². The van der Waals surface area contributed by atoms with E-state index in [1.165, 1.54) is 30.8 Å². The van der Waals surface area contributed by atoms with Gasteiger partial charge in [-0.05, 0) is 26.8 Å². The molecule has 0 saturated carbocycles. The van der Waals surface area contributed by atoms with Crippen molar-refractivity contribution in [2.75, 3.05) is 13.7 Å². The molecule has 0 aliphatic carbocycles. The first-order valence-corrected chi connectivity index (χ1v) is 9.77. The predicted molar refractivity (Wildman–Crippen MR) is 110 cm³/mol. The SMILES string of the molecule is CCNC(=O)OCc1c(C)nn(C)c1Oc1cc(O[C@@H](C)C(=O)OC)c(Cl)cc1Cl. The highest BCUT2D eigenvalue weighted by atomic mass is 35.5. The lowest BCUT2D eigenvalue weighted by Crippen LogP contribution is -2.25. The van der Waals surface area contributed by atoms with Crippen LogP contribution in [0.1, 0.15) is 25.1 Å². The first kappa shape index (κ1) is 23.6. The highest BCUT2D eigenvalue weighted by Gasteiger charge is 2.21. The molecule has 0 radical (unpaired) electrons. The van der Waals surface area contributed by atoms with E-state index in [1.807, 2.05) is 0 Å². The standard InChI is InChI=1S/C19H23Cl2N3O6/c1-6-22-19(26)28-9-12-10(2)23-24(4)17(12)30-16-8-15(13(20)7-14(16)21)29-11(3)18(25)27-5/h7-8,11H,6,9H2,1-5H3,(H,22,26)/t11-/m0/s1. The monoisotopic (exact) mass is 459 g/mol. The summed E-state index contributed by atoms with van der Waals surface area (Å²) in [5.41, 5.74) is 1.19. The van der Waals surface area contributed by atoms with Crippen LogP contribution in [0.5, 0.6) is 17.4 Å². The summed E-state index contributed by atoms with van der Waals surface area (Å²) < 4.78 is 22.8. The van der Waals surface area contributed by atoms with Crippen LogP contribution in [0, 0.1) is 6.92 Å². The molecule has 0 bridgehead atoms. The Balaban J connectivity index is 2.30. The van der Waals surface area contributed by atoms with Crippen molar-refractivity contribution in [3.63, 3.8) is 0 Å². The number of hydrogen-bond donors (Lipinski definition) is 1. The summed E-state index contributed by atoms with van der Waals surface area (Å²) in [5, 5.41) is 7.26. The van der Waals surface area contributed by atoms with Crippen molar-refractivity contribution in [1.82, 2.24) is 15.1 Å². The Morgan fingerprint density at radius 2 is 1.90 bits per heavy atom. The molecule has 2 rings (SSSR count). The van der Waals surface area contributed by atoms with E-state index < -0.39 is 18.2 Å². The van der Waals surface area contributed by atoms with E-state index >= 15 is 0 Å². The van der Waals surface area contributed by atoms with Crippen molar-refractivity contribution in [1.29, 1.82) is 0 Å². The van der Waals surface area contributed by atoms with Gasteiger partial charge in [-0.1, -0.05) is 23.2 Å². The summed E-state index contributed by atoms with van der Waals surface area (Å²) in [7, 11) is 2.94. The lowest BCUT2D eigenvalue weighted by molar-refractivity contribution is -0.147. The summed E-state index contributed by atoms with van der Waals surface area (Å²) in [6.45, 7) is 5.47. The average molecular weight is 460 g/mol. The van der Waals surface area contributed by atoms with Crippen molar-refractivity contribution in [3.8, 4) is 17.4 Å². The van der Waals surface area contributed by atoms with Crippen LogP contribution in [0.4, 0.5) is 4.79 Å². The van der Waals surface area contributed by atoms with Crippen molar-refractivity contribution in [3.05, 3.63) is 33.4 Å². The zero-order valence-corrected chi connectivity index (χ0v) is 18.8. The quantitative estimate of drug-likeness (QED) is 0.594. The molecule has 2 aromatic rings. The number of nitrogens with one attached hydrogen (secondary N) is 1. The van der Waals surface area contributed by atoms with E-state index in [0.717, 1.165) is 0 Å². The third-order valence-corrected chi connectivity index (χ3v) is 4.58. The number of aryl methyl sites for hydroxylation is 2. The number of nitrogens with zero attached hydrogens (tertiary/aromatic N) is 2. The molecule has 0 unspecified atom stereocenters. The van der Waals surface area contributed by atoms with E-state index in [-0.39, 0.29) is 28.2 Å². The topological polar surface area (TPSA) is 101 Å². The number of alkyl carbamates (subject to hydrolysis) is 1. The van der Waals surface area contributed by atoms with Crippen LogP contribution in [0.3, 0.4) is 0 Å². The van der Waals surface area contributed by atoms with Crippen LogP contribution in [0.25, 0.3) is 0 Å². The minimum Gasteiger partial charge on any atom is -0.477 e. The zero-order valence-electron chi connectivity index (χ0n) is 17.2. The van der Waals surface area contributed by atoms with Gasteiger partial charge in [-0.2, -0.15) is 5.10 Å². The minimum absolute atomic E-state index is 0.0468. The van der Waals surface area contributed by atoms with Gasteiger partial charge in [0.25, 0.3) is 0 Å². The number of rotatable bonds is 8. The highest BCUT2D eigenvalue weighted by molar-refractivity contribution is 6.36. The number of ether oxygens (including phenoxy) is 4. The van der Waals surface area contributed by atoms with Gasteiger partial charge in [0, 0.05) is 19.7 Å². The van der Waals surface area contributed by atoms with Gasteiger partial charge in [0.2, 0.25) is 5.88 Å². The second-order valence-electron chi connectivity index (χ2n) is 6.20. The third kappa shape index (κ3) is 5.70. The van der Waals surface area contributed by atoms with Crippen LogP contribution < -0.4 is 14.8 Å². The second kappa shape index (κ2) is 10.4. The molecule has 1 atom stereocenters. The number of hydrogen-bond acceptors (Lipinski definition) is 7. The molecule has 1 aromatic carbocycles. The fourth-order valence-corrected chi connectivity index (χ4v) is 2.96. The van der Waals surface area contributed by atoms with Crippen molar-refractivity contribution < 1.29 is 28.5 Å². The summed E-state index contributed by atoms with van der Waals surface area (Å²) in [5.74, 6) is 0.173. The smallest absolute Gasteiger partial charge is 0.407 e. The van der Waals surface area contributed by atoms with E-state index in [4.69, 9.17) is 37.4 Å². The molecule has 0 fully saturated rings. The maximum atomic E-state index is 11.6. The first-order valence-electron chi connectivity index (χ1n) is 9.02. The summed E-state index contributed by atoms with van der Waals surface area (Å²) in [6.07, 6.45) is -1.44. The Labute approximate surface area is 184 Å². The molecular weight excluding hydrogens is 437 g/mol. The van der Waals surface area contributed by atoms with Crippen LogP contribution in [-0.4, -0.2) is 41.6 Å². The highest BCUT2D eigenvalue weighted by Crippen LogP contribution is 2.39. The molecule has 1 N–H and O–H groups in total. The van der Waals surface area contributed by atoms with Gasteiger partial charge < -0.3 is 24.3 Å². The number of amides is 1. The van der Waals surface area contributed by atoms with Gasteiger partial charge in [0.1, 0.15) is 12.4 Å². The minimum atomic E-state index is -0.887. The van der Waals surface area contributed by atoms with Gasteiger partial charge in [0.05, 0.1) is 28.4 Å². The molecule has 1 amide bonds. The number of carbonyl (C=O) groups is 2. The molecule has 9 nitrogen and oxygen atoms in total. The van der Waals surface area contributed by atoms with Crippen LogP contribution in [0.15, 0.2) is 12.1 Å². The summed E-state index contributed by atoms with van der Waals surface area (Å²) in [6, 6.07) is 2.90. The van der Waals surface area contributed by atoms with Crippen molar-refractivity contribution >= 4 is 35.3 Å². The van der Waals surface area contributed by atoms with Gasteiger partial charge >= 0.3 is 12.1 Å². The fourth-order valence-electron chi connectivity index (χ4n) is 2.50. The van der Waals surface area contributed by atoms with Gasteiger partial charge in [-0.15, -0.1) is 0 Å². The maximum absolute atomic E-state index is 11.6. The van der Waals surface area contributed by atoms with Crippen LogP contribution in [0.2, 0.25) is 10.0 Å². The van der Waals surface area contributed by atoms with E-state index in [1.54, 1.807) is 20.9 Å². The first-order chi connectivity index (χ1) is 14.2. The normalized spacial score (nSPS) is 11.6. The largest absolute Gasteiger partial charge is 0.477 e. The van der Waals surface area contributed by atoms with Crippen LogP contribution >= 0.6 is 23.2 Å². The van der Waals surface area contributed by atoms with Crippen LogP contribution in [-0.2, 0) is 27.9 Å². The van der Waals surface area contributed by atoms with Gasteiger partial charge in [-0.25, -0.2) is 14.3 Å². The Kier molecular flexibility index (Phi) is 8.19. The zero-order chi connectivity index (χ0) is 22.4. The molecule has 1 heterocycles. The Hall–Kier alpha value is -2.65. The molecule has 0 saturated heterocycles. The second-order valence-corrected chi connectivity index (χ2v) is 7.01. The maximum Gasteiger partial charge on any atom is 0.407 e. The molecule has 11 heteroatoms. The lowest BCUT2D eigenvalue weighted by Gasteiger charge is -2.16. The molecule has 1 aromatic heterocycles.